The first-order chi connectivity index (χ1) is 18.3. The van der Waals surface area contributed by atoms with Gasteiger partial charge in [0.25, 0.3) is 5.91 Å². The largest absolute Gasteiger partial charge is 0.480 e. The number of amides is 2. The number of nitrogens with one attached hydrogen (secondary N) is 2. The molecule has 0 unspecified atom stereocenters. The van der Waals surface area contributed by atoms with E-state index >= 15 is 0 Å². The highest BCUT2D eigenvalue weighted by Crippen LogP contribution is 2.67. The lowest BCUT2D eigenvalue weighted by Crippen LogP contribution is -2.54. The van der Waals surface area contributed by atoms with Gasteiger partial charge in [-0.2, -0.15) is 0 Å². The molecule has 0 aromatic heterocycles. The topological polar surface area (TPSA) is 137 Å². The minimum Gasteiger partial charge on any atom is -0.480 e. The lowest BCUT2D eigenvalue weighted by Gasteiger charge is -2.58. The summed E-state index contributed by atoms with van der Waals surface area (Å²) >= 11 is 0. The number of allylic oxidation sites excluding steroid dienone is 2. The highest BCUT2D eigenvalue weighted by molar-refractivity contribution is 5.96. The fourth-order valence-corrected chi connectivity index (χ4v) is 8.04. The van der Waals surface area contributed by atoms with Crippen LogP contribution >= 0.6 is 0 Å². The smallest absolute Gasteiger partial charge is 0.326 e. The number of terminal acetylenes is 1. The Bertz CT molecular complexity index is 1110. The Morgan fingerprint density at radius 3 is 2.51 bits per heavy atom. The minimum absolute atomic E-state index is 0.0919. The van der Waals surface area contributed by atoms with E-state index in [1.807, 2.05) is 0 Å². The molecule has 0 radical (unpaired) electrons. The number of hydrogen-bond acceptors (Lipinski definition) is 6. The number of carbonyl (C=O) groups excluding carboxylic acids is 2. The van der Waals surface area contributed by atoms with Crippen molar-refractivity contribution < 1.29 is 29.4 Å². The van der Waals surface area contributed by atoms with Gasteiger partial charge in [0.15, 0.2) is 6.61 Å². The van der Waals surface area contributed by atoms with Crippen molar-refractivity contribution in [2.24, 2.45) is 39.7 Å². The molecule has 0 aliphatic heterocycles. The molecular weight excluding hydrogens is 498 g/mol. The van der Waals surface area contributed by atoms with Crippen LogP contribution in [-0.4, -0.2) is 58.5 Å². The molecule has 0 aromatic carbocycles. The molecule has 4 N–H and O–H groups in total. The van der Waals surface area contributed by atoms with Crippen LogP contribution in [0.5, 0.6) is 0 Å². The van der Waals surface area contributed by atoms with E-state index in [4.69, 9.17) is 11.3 Å². The van der Waals surface area contributed by atoms with Gasteiger partial charge in [0, 0.05) is 5.41 Å². The zero-order valence-electron chi connectivity index (χ0n) is 23.6. The summed E-state index contributed by atoms with van der Waals surface area (Å²) in [6.45, 7) is 7.31. The van der Waals surface area contributed by atoms with Crippen molar-refractivity contribution in [3.63, 3.8) is 0 Å². The third-order valence-corrected chi connectivity index (χ3v) is 10.4. The van der Waals surface area contributed by atoms with Crippen molar-refractivity contribution in [1.82, 2.24) is 10.6 Å². The van der Waals surface area contributed by atoms with Gasteiger partial charge < -0.3 is 25.7 Å². The molecule has 9 nitrogen and oxygen atoms in total. The predicted octanol–water partition coefficient (Wildman–Crippen LogP) is 3.03. The normalized spacial score (nSPS) is 37.0. The van der Waals surface area contributed by atoms with Crippen LogP contribution in [0.2, 0.25) is 0 Å². The quantitative estimate of drug-likeness (QED) is 0.275. The molecular formula is C30H43N3O6. The second-order valence-corrected chi connectivity index (χ2v) is 12.8. The summed E-state index contributed by atoms with van der Waals surface area (Å²) in [6, 6.07) is -1.01. The van der Waals surface area contributed by atoms with Gasteiger partial charge in [-0.1, -0.05) is 44.3 Å². The van der Waals surface area contributed by atoms with Crippen LogP contribution in [0.25, 0.3) is 0 Å². The van der Waals surface area contributed by atoms with E-state index in [2.05, 4.69) is 41.6 Å². The number of carboxylic acid groups (broad SMARTS) is 1. The number of fused-ring (bicyclic) bond motifs is 5. The Morgan fingerprint density at radius 1 is 1.13 bits per heavy atom. The summed E-state index contributed by atoms with van der Waals surface area (Å²) in [5.74, 6) is 1.85. The number of nitrogens with zero attached hydrogens (tertiary/aromatic N) is 1. The van der Waals surface area contributed by atoms with Crippen molar-refractivity contribution in [2.75, 3.05) is 13.2 Å². The molecule has 2 amide bonds. The molecule has 4 rings (SSSR count). The fourth-order valence-electron chi connectivity index (χ4n) is 8.04. The molecule has 0 aromatic rings. The molecule has 0 heterocycles. The van der Waals surface area contributed by atoms with Gasteiger partial charge in [0.2, 0.25) is 5.91 Å². The summed E-state index contributed by atoms with van der Waals surface area (Å²) in [4.78, 5) is 40.6. The zero-order chi connectivity index (χ0) is 28.6. The molecule has 0 saturated heterocycles. The third kappa shape index (κ3) is 5.32. The lowest BCUT2D eigenvalue weighted by atomic mass is 9.46. The third-order valence-electron chi connectivity index (χ3n) is 10.4. The highest BCUT2D eigenvalue weighted by atomic mass is 16.6. The summed E-state index contributed by atoms with van der Waals surface area (Å²) in [5.41, 5.74) is 1.10. The van der Waals surface area contributed by atoms with Gasteiger partial charge in [0.1, 0.15) is 11.6 Å². The van der Waals surface area contributed by atoms with Crippen molar-refractivity contribution in [2.45, 2.75) is 90.7 Å². The van der Waals surface area contributed by atoms with E-state index in [0.717, 1.165) is 50.7 Å². The zero-order valence-corrected chi connectivity index (χ0v) is 23.6. The first kappa shape index (κ1) is 29.1. The highest BCUT2D eigenvalue weighted by Gasteiger charge is 2.63. The van der Waals surface area contributed by atoms with Gasteiger partial charge in [0.05, 0.1) is 12.3 Å². The Kier molecular flexibility index (Phi) is 8.18. The maximum atomic E-state index is 12.1. The van der Waals surface area contributed by atoms with Crippen molar-refractivity contribution in [3.05, 3.63) is 11.6 Å². The van der Waals surface area contributed by atoms with Gasteiger partial charge in [-0.25, -0.2) is 4.79 Å². The predicted molar refractivity (Wildman–Crippen MR) is 146 cm³/mol. The molecule has 214 valence electrons. The summed E-state index contributed by atoms with van der Waals surface area (Å²) in [5, 5.41) is 29.4. The molecule has 9 heteroatoms. The molecule has 7 atom stereocenters. The molecule has 0 bridgehead atoms. The van der Waals surface area contributed by atoms with E-state index < -0.39 is 29.4 Å². The van der Waals surface area contributed by atoms with Crippen LogP contribution in [0.4, 0.5) is 0 Å². The van der Waals surface area contributed by atoms with E-state index in [1.165, 1.54) is 5.57 Å². The van der Waals surface area contributed by atoms with E-state index in [9.17, 15) is 24.6 Å². The van der Waals surface area contributed by atoms with E-state index in [1.54, 1.807) is 13.8 Å². The number of carbonyl (C=O) groups is 3. The number of hydrogen-bond donors (Lipinski definition) is 4. The van der Waals surface area contributed by atoms with Gasteiger partial charge >= 0.3 is 5.97 Å². The standard InChI is InChI=1S/C30H43N3O6/c1-6-30(38)14-11-23-21-8-7-19-15-20(9-12-28(19,4)22(21)10-13-29(23,30)5)33-39-17-25(35)31-16-24(34)32-26(18(2)3)27(36)37/h1,15,18,21-23,26,38H,7-14,16-17H2,2-5H3,(H,31,35)(H,32,34)(H,36,37)/b33-20+/t21-,22-,23-,26+,28+,29+,30-/m1/s1. The minimum atomic E-state index is -1.12. The summed E-state index contributed by atoms with van der Waals surface area (Å²) in [7, 11) is 0. The van der Waals surface area contributed by atoms with Gasteiger partial charge in [-0.05, 0) is 86.5 Å². The Hall–Kier alpha value is -2.86. The Balaban J connectivity index is 1.31. The second kappa shape index (κ2) is 11.0. The lowest BCUT2D eigenvalue weighted by molar-refractivity contribution is -0.143. The van der Waals surface area contributed by atoms with Crippen LogP contribution in [0.15, 0.2) is 16.8 Å². The van der Waals surface area contributed by atoms with Gasteiger partial charge in [-0.3, -0.25) is 9.59 Å². The Morgan fingerprint density at radius 2 is 1.85 bits per heavy atom. The average molecular weight is 542 g/mol. The first-order valence-electron chi connectivity index (χ1n) is 14.2. The molecule has 3 fully saturated rings. The number of aliphatic hydroxyl groups is 1. The van der Waals surface area contributed by atoms with E-state index in [-0.39, 0.29) is 29.9 Å². The first-order valence-corrected chi connectivity index (χ1v) is 14.2. The molecule has 39 heavy (non-hydrogen) atoms. The molecule has 4 aliphatic rings. The van der Waals surface area contributed by atoms with Crippen molar-refractivity contribution in [1.29, 1.82) is 0 Å². The van der Waals surface area contributed by atoms with Crippen LogP contribution < -0.4 is 10.6 Å². The van der Waals surface area contributed by atoms with E-state index in [0.29, 0.717) is 24.2 Å². The maximum absolute atomic E-state index is 12.1. The summed E-state index contributed by atoms with van der Waals surface area (Å²) < 4.78 is 0. The monoisotopic (exact) mass is 541 g/mol. The number of carboxylic acids is 1. The van der Waals surface area contributed by atoms with Crippen LogP contribution in [0.1, 0.15) is 79.1 Å². The number of aliphatic carboxylic acids is 1. The second-order valence-electron chi connectivity index (χ2n) is 12.8. The SMILES string of the molecule is C#C[C@@]1(O)CC[C@@H]2[C@@H]3CCC4=C/C(=N/OCC(=O)NCC(=O)N[C@H](C(=O)O)C(C)C)CC[C@]4(C)[C@@H]3CC[C@@]21C. The van der Waals surface area contributed by atoms with Crippen molar-refractivity contribution >= 4 is 23.5 Å². The Labute approximate surface area is 231 Å². The van der Waals surface area contributed by atoms with Crippen LogP contribution in [0, 0.1) is 46.8 Å². The number of oxime groups is 1. The molecule has 0 spiro atoms. The maximum Gasteiger partial charge on any atom is 0.326 e. The van der Waals surface area contributed by atoms with Crippen LogP contribution in [0.3, 0.4) is 0 Å². The molecule has 3 saturated carbocycles. The van der Waals surface area contributed by atoms with Crippen LogP contribution in [-0.2, 0) is 19.2 Å². The molecule has 4 aliphatic carbocycles. The van der Waals surface area contributed by atoms with Gasteiger partial charge in [-0.15, -0.1) is 6.42 Å². The fraction of sp³-hybridized carbons (Fsp3) is 0.733. The average Bonchev–Trinajstić information content (AvgIpc) is 3.16. The summed E-state index contributed by atoms with van der Waals surface area (Å²) in [6.07, 6.45) is 15.5. The number of rotatable bonds is 8. The van der Waals surface area contributed by atoms with Crippen molar-refractivity contribution in [3.8, 4) is 12.3 Å².